The number of nitrogens with zero attached hydrogens (tertiary/aromatic N) is 1. The molecule has 1 heterocycles. The summed E-state index contributed by atoms with van der Waals surface area (Å²) >= 11 is 8.98. The van der Waals surface area contributed by atoms with Gasteiger partial charge >= 0.3 is 0 Å². The van der Waals surface area contributed by atoms with E-state index >= 15 is 0 Å². The molecule has 0 fully saturated rings. The van der Waals surface area contributed by atoms with E-state index in [9.17, 15) is 8.42 Å². The average molecular weight is 415 g/mol. The Morgan fingerprint density at radius 3 is 2.72 bits per heavy atom. The molecule has 0 aliphatic rings. The fourth-order valence-electron chi connectivity index (χ4n) is 1.23. The molecule has 0 spiro atoms. The molecule has 0 aliphatic heterocycles. The summed E-state index contributed by atoms with van der Waals surface area (Å²) in [7, 11) is -3.57. The van der Waals surface area contributed by atoms with Gasteiger partial charge in [-0.3, -0.25) is 4.72 Å². The van der Waals surface area contributed by atoms with Crippen molar-refractivity contribution in [1.29, 1.82) is 0 Å². The highest BCUT2D eigenvalue weighted by atomic mass is 127. The highest BCUT2D eigenvalue weighted by Gasteiger charge is 2.18. The molecular weight excluding hydrogens is 407 g/mol. The first-order valence-corrected chi connectivity index (χ1v) is 8.54. The second kappa shape index (κ2) is 5.32. The van der Waals surface area contributed by atoms with Crippen LogP contribution in [-0.2, 0) is 10.0 Å². The van der Waals surface area contributed by atoms with Crippen LogP contribution >= 0.6 is 45.5 Å². The van der Waals surface area contributed by atoms with E-state index in [1.54, 1.807) is 25.1 Å². The summed E-state index contributed by atoms with van der Waals surface area (Å²) in [6.45, 7) is 1.76. The molecule has 0 aliphatic carbocycles. The molecule has 0 atom stereocenters. The Balaban J connectivity index is 2.33. The molecule has 1 aromatic carbocycles. The van der Waals surface area contributed by atoms with E-state index in [1.807, 2.05) is 22.6 Å². The van der Waals surface area contributed by atoms with E-state index in [2.05, 4.69) is 9.71 Å². The summed E-state index contributed by atoms with van der Waals surface area (Å²) in [6, 6.07) is 4.97. The lowest BCUT2D eigenvalue weighted by Crippen LogP contribution is -2.12. The summed E-state index contributed by atoms with van der Waals surface area (Å²) in [5, 5.41) is 1.28. The first-order valence-electron chi connectivity index (χ1n) is 4.79. The van der Waals surface area contributed by atoms with E-state index in [1.165, 1.54) is 6.20 Å². The molecule has 0 bridgehead atoms. The zero-order valence-corrected chi connectivity index (χ0v) is 13.7. The van der Waals surface area contributed by atoms with Gasteiger partial charge in [0.1, 0.15) is 0 Å². The highest BCUT2D eigenvalue weighted by molar-refractivity contribution is 14.1. The van der Waals surface area contributed by atoms with Gasteiger partial charge in [0.2, 0.25) is 0 Å². The molecule has 0 amide bonds. The summed E-state index contributed by atoms with van der Waals surface area (Å²) in [5.74, 6) is 0. The molecule has 2 aromatic rings. The minimum atomic E-state index is -3.57. The number of nitrogens with one attached hydrogen (secondary N) is 1. The predicted octanol–water partition coefficient (Wildman–Crippen LogP) is 3.51. The van der Waals surface area contributed by atoms with Gasteiger partial charge in [-0.15, -0.1) is 11.3 Å². The fraction of sp³-hybridized carbons (Fsp3) is 0.100. The van der Waals surface area contributed by atoms with Crippen molar-refractivity contribution in [2.45, 2.75) is 11.1 Å². The van der Waals surface area contributed by atoms with E-state index in [-0.39, 0.29) is 4.21 Å². The van der Waals surface area contributed by atoms with Gasteiger partial charge in [-0.2, -0.15) is 0 Å². The standard InChI is InChI=1S/C10H8ClIN2O2S2/c1-6-13-5-10(17-6)18(15,16)14-9-3-2-7(11)4-8(9)12/h2-5,14H,1H3. The van der Waals surface area contributed by atoms with Crippen LogP contribution in [-0.4, -0.2) is 13.4 Å². The maximum absolute atomic E-state index is 12.1. The van der Waals surface area contributed by atoms with Crippen LogP contribution in [0.3, 0.4) is 0 Å². The monoisotopic (exact) mass is 414 g/mol. The van der Waals surface area contributed by atoms with Crippen molar-refractivity contribution in [1.82, 2.24) is 4.98 Å². The molecule has 8 heteroatoms. The number of aromatic nitrogens is 1. The number of sulfonamides is 1. The van der Waals surface area contributed by atoms with Crippen molar-refractivity contribution in [2.75, 3.05) is 4.72 Å². The second-order valence-electron chi connectivity index (χ2n) is 3.43. The molecule has 18 heavy (non-hydrogen) atoms. The Morgan fingerprint density at radius 1 is 1.44 bits per heavy atom. The third kappa shape index (κ3) is 3.14. The minimum Gasteiger partial charge on any atom is -0.278 e. The molecule has 0 radical (unpaired) electrons. The van der Waals surface area contributed by atoms with Crippen LogP contribution < -0.4 is 4.72 Å². The molecule has 4 nitrogen and oxygen atoms in total. The van der Waals surface area contributed by atoms with Gasteiger partial charge in [0.15, 0.2) is 4.21 Å². The molecule has 0 saturated carbocycles. The van der Waals surface area contributed by atoms with Crippen molar-refractivity contribution in [2.24, 2.45) is 0 Å². The topological polar surface area (TPSA) is 59.1 Å². The van der Waals surface area contributed by atoms with E-state index in [0.29, 0.717) is 15.7 Å². The van der Waals surface area contributed by atoms with E-state index in [0.717, 1.165) is 14.9 Å². The summed E-state index contributed by atoms with van der Waals surface area (Å²) in [6.07, 6.45) is 1.35. The van der Waals surface area contributed by atoms with Gasteiger partial charge in [-0.05, 0) is 47.7 Å². The average Bonchev–Trinajstić information content (AvgIpc) is 2.70. The fourth-order valence-corrected chi connectivity index (χ4v) is 4.61. The maximum atomic E-state index is 12.1. The predicted molar refractivity (Wildman–Crippen MR) is 81.8 cm³/mol. The molecule has 0 unspecified atom stereocenters. The molecular formula is C10H8ClIN2O2S2. The zero-order chi connectivity index (χ0) is 13.3. The van der Waals surface area contributed by atoms with Crippen molar-refractivity contribution >= 4 is 61.2 Å². The van der Waals surface area contributed by atoms with Crippen LogP contribution in [0.2, 0.25) is 5.02 Å². The van der Waals surface area contributed by atoms with Gasteiger partial charge in [-0.1, -0.05) is 11.6 Å². The smallest absolute Gasteiger partial charge is 0.273 e. The van der Waals surface area contributed by atoms with Crippen LogP contribution in [0.5, 0.6) is 0 Å². The maximum Gasteiger partial charge on any atom is 0.273 e. The number of thiazole rings is 1. The normalized spacial score (nSPS) is 11.5. The third-order valence-corrected chi connectivity index (χ3v) is 5.91. The Kier molecular flexibility index (Phi) is 4.15. The number of aryl methyl sites for hydroxylation is 1. The molecule has 96 valence electrons. The van der Waals surface area contributed by atoms with Crippen LogP contribution in [0.1, 0.15) is 5.01 Å². The van der Waals surface area contributed by atoms with Crippen LogP contribution in [0, 0.1) is 10.5 Å². The number of halogens is 2. The number of anilines is 1. The summed E-state index contributed by atoms with van der Waals surface area (Å²) < 4.78 is 27.6. The van der Waals surface area contributed by atoms with Gasteiger partial charge in [0, 0.05) is 8.59 Å². The van der Waals surface area contributed by atoms with Gasteiger partial charge in [0.05, 0.1) is 16.9 Å². The Morgan fingerprint density at radius 2 is 2.17 bits per heavy atom. The first kappa shape index (κ1) is 14.0. The largest absolute Gasteiger partial charge is 0.278 e. The number of rotatable bonds is 3. The van der Waals surface area contributed by atoms with Crippen molar-refractivity contribution in [3.05, 3.63) is 38.0 Å². The van der Waals surface area contributed by atoms with Gasteiger partial charge in [-0.25, -0.2) is 13.4 Å². The van der Waals surface area contributed by atoms with E-state index < -0.39 is 10.0 Å². The lowest BCUT2D eigenvalue weighted by Gasteiger charge is -2.08. The number of hydrogen-bond acceptors (Lipinski definition) is 4. The quantitative estimate of drug-likeness (QED) is 0.782. The Labute approximate surface area is 128 Å². The summed E-state index contributed by atoms with van der Waals surface area (Å²) in [4.78, 5) is 3.94. The van der Waals surface area contributed by atoms with Crippen LogP contribution in [0.15, 0.2) is 28.6 Å². The van der Waals surface area contributed by atoms with E-state index in [4.69, 9.17) is 11.6 Å². The lowest BCUT2D eigenvalue weighted by molar-refractivity contribution is 0.603. The SMILES string of the molecule is Cc1ncc(S(=O)(=O)Nc2ccc(Cl)cc2I)s1. The van der Waals surface area contributed by atoms with Crippen LogP contribution in [0.25, 0.3) is 0 Å². The lowest BCUT2D eigenvalue weighted by atomic mass is 10.3. The number of hydrogen-bond donors (Lipinski definition) is 1. The first-order chi connectivity index (χ1) is 8.38. The molecule has 2 rings (SSSR count). The molecule has 1 aromatic heterocycles. The molecule has 1 N–H and O–H groups in total. The zero-order valence-electron chi connectivity index (χ0n) is 9.15. The second-order valence-corrected chi connectivity index (χ2v) is 8.17. The van der Waals surface area contributed by atoms with Gasteiger partial charge in [0.25, 0.3) is 10.0 Å². The van der Waals surface area contributed by atoms with Crippen molar-refractivity contribution < 1.29 is 8.42 Å². The van der Waals surface area contributed by atoms with Crippen molar-refractivity contribution in [3.63, 3.8) is 0 Å². The Hall–Kier alpha value is -0.380. The van der Waals surface area contributed by atoms with Gasteiger partial charge < -0.3 is 0 Å². The van der Waals surface area contributed by atoms with Crippen LogP contribution in [0.4, 0.5) is 5.69 Å². The third-order valence-electron chi connectivity index (χ3n) is 2.04. The highest BCUT2D eigenvalue weighted by Crippen LogP contribution is 2.26. The Bertz CT molecular complexity index is 685. The summed E-state index contributed by atoms with van der Waals surface area (Å²) in [5.41, 5.74) is 0.506. The molecule has 0 saturated heterocycles. The minimum absolute atomic E-state index is 0.200. The van der Waals surface area contributed by atoms with Crippen molar-refractivity contribution in [3.8, 4) is 0 Å². The number of benzene rings is 1.